The van der Waals surface area contributed by atoms with E-state index in [0.29, 0.717) is 0 Å². The summed E-state index contributed by atoms with van der Waals surface area (Å²) in [5.41, 5.74) is 0.0434. The Bertz CT molecular complexity index is 342. The number of aliphatic hydroxyl groups is 2. The van der Waals surface area contributed by atoms with Gasteiger partial charge in [0.25, 0.3) is 5.91 Å². The van der Waals surface area contributed by atoms with Crippen LogP contribution in [-0.2, 0) is 0 Å². The predicted octanol–water partition coefficient (Wildman–Crippen LogP) is -0.696. The average Bonchev–Trinajstić information content (AvgIpc) is 2.25. The molecule has 0 saturated heterocycles. The van der Waals surface area contributed by atoms with Crippen molar-refractivity contribution in [2.24, 2.45) is 0 Å². The van der Waals surface area contributed by atoms with E-state index >= 15 is 0 Å². The van der Waals surface area contributed by atoms with Gasteiger partial charge in [-0.3, -0.25) is 9.78 Å². The van der Waals surface area contributed by atoms with Gasteiger partial charge in [0.15, 0.2) is 0 Å². The maximum Gasteiger partial charge on any atom is 0.253 e. The summed E-state index contributed by atoms with van der Waals surface area (Å²) >= 11 is 0. The lowest BCUT2D eigenvalue weighted by Gasteiger charge is -2.12. The molecule has 1 heterocycles. The molecule has 0 aliphatic heterocycles. The molecule has 0 aromatic carbocycles. The Morgan fingerprint density at radius 3 is 2.67 bits per heavy atom. The van der Waals surface area contributed by atoms with Crippen LogP contribution < -0.4 is 5.32 Å². The highest BCUT2D eigenvalue weighted by Crippen LogP contribution is 2.00. The summed E-state index contributed by atoms with van der Waals surface area (Å²) in [5, 5.41) is 19.7. The molecule has 5 nitrogen and oxygen atoms in total. The zero-order chi connectivity index (χ0) is 11.3. The number of nitrogens with zero attached hydrogens (tertiary/aromatic N) is 1. The summed E-state index contributed by atoms with van der Waals surface area (Å²) in [6.45, 7) is -0.768. The maximum absolute atomic E-state index is 12.7. The molecule has 0 bridgehead atoms. The van der Waals surface area contributed by atoms with Crippen molar-refractivity contribution in [1.29, 1.82) is 0 Å². The highest BCUT2D eigenvalue weighted by atomic mass is 19.1. The molecule has 1 rings (SSSR count). The van der Waals surface area contributed by atoms with Gasteiger partial charge in [-0.1, -0.05) is 0 Å². The van der Waals surface area contributed by atoms with Gasteiger partial charge >= 0.3 is 0 Å². The minimum atomic E-state index is -0.749. The highest BCUT2D eigenvalue weighted by molar-refractivity contribution is 5.94. The van der Waals surface area contributed by atoms with E-state index in [9.17, 15) is 9.18 Å². The molecular formula is C9H11FN2O3. The minimum absolute atomic E-state index is 0.0434. The fraction of sp³-hybridized carbons (Fsp3) is 0.333. The summed E-state index contributed by atoms with van der Waals surface area (Å²) < 4.78 is 12.7. The van der Waals surface area contributed by atoms with Crippen molar-refractivity contribution in [3.8, 4) is 0 Å². The third kappa shape index (κ3) is 3.26. The van der Waals surface area contributed by atoms with E-state index in [2.05, 4.69) is 10.3 Å². The Morgan fingerprint density at radius 1 is 1.47 bits per heavy atom. The lowest BCUT2D eigenvalue weighted by Crippen LogP contribution is -2.40. The van der Waals surface area contributed by atoms with Crippen LogP contribution in [0.5, 0.6) is 0 Å². The Hall–Kier alpha value is -1.53. The first-order valence-corrected chi connectivity index (χ1v) is 4.30. The van der Waals surface area contributed by atoms with E-state index in [-0.39, 0.29) is 18.8 Å². The topological polar surface area (TPSA) is 82.5 Å². The van der Waals surface area contributed by atoms with Crippen molar-refractivity contribution in [3.63, 3.8) is 0 Å². The summed E-state index contributed by atoms with van der Waals surface area (Å²) in [6.07, 6.45) is 2.18. The van der Waals surface area contributed by atoms with Gasteiger partial charge in [0.05, 0.1) is 31.0 Å². The fourth-order valence-electron chi connectivity index (χ4n) is 0.954. The van der Waals surface area contributed by atoms with E-state index in [1.54, 1.807) is 0 Å². The van der Waals surface area contributed by atoms with Crippen LogP contribution >= 0.6 is 0 Å². The number of hydrogen-bond donors (Lipinski definition) is 3. The normalized spacial score (nSPS) is 10.4. The Morgan fingerprint density at radius 2 is 2.13 bits per heavy atom. The smallest absolute Gasteiger partial charge is 0.253 e. The van der Waals surface area contributed by atoms with Crippen LogP contribution in [0, 0.1) is 5.82 Å². The quantitative estimate of drug-likeness (QED) is 0.619. The Labute approximate surface area is 85.6 Å². The molecule has 1 aromatic rings. The van der Waals surface area contributed by atoms with Crippen LogP contribution in [0.15, 0.2) is 18.5 Å². The molecule has 0 radical (unpaired) electrons. The highest BCUT2D eigenvalue weighted by Gasteiger charge is 2.12. The molecule has 82 valence electrons. The van der Waals surface area contributed by atoms with Crippen LogP contribution in [0.1, 0.15) is 10.4 Å². The molecule has 0 saturated carbocycles. The van der Waals surface area contributed by atoms with Gasteiger partial charge in [-0.2, -0.15) is 0 Å². The third-order valence-corrected chi connectivity index (χ3v) is 1.74. The lowest BCUT2D eigenvalue weighted by atomic mass is 10.2. The Kier molecular flexibility index (Phi) is 4.14. The molecule has 6 heteroatoms. The molecule has 0 fully saturated rings. The molecule has 15 heavy (non-hydrogen) atoms. The van der Waals surface area contributed by atoms with Crippen LogP contribution in [0.3, 0.4) is 0 Å². The first-order valence-electron chi connectivity index (χ1n) is 4.30. The molecule has 0 spiro atoms. The van der Waals surface area contributed by atoms with Gasteiger partial charge < -0.3 is 15.5 Å². The number of carbonyl (C=O) groups excluding carboxylic acids is 1. The number of aliphatic hydroxyl groups excluding tert-OH is 2. The third-order valence-electron chi connectivity index (χ3n) is 1.74. The number of rotatable bonds is 4. The number of nitrogens with one attached hydrogen (secondary N) is 1. The van der Waals surface area contributed by atoms with E-state index < -0.39 is 17.8 Å². The van der Waals surface area contributed by atoms with E-state index in [1.807, 2.05) is 0 Å². The van der Waals surface area contributed by atoms with Crippen LogP contribution in [-0.4, -0.2) is 40.4 Å². The average molecular weight is 214 g/mol. The molecule has 1 amide bonds. The number of carbonyl (C=O) groups is 1. The molecule has 0 unspecified atom stereocenters. The zero-order valence-electron chi connectivity index (χ0n) is 7.85. The Balaban J connectivity index is 2.68. The van der Waals surface area contributed by atoms with Gasteiger partial charge in [0.2, 0.25) is 0 Å². The van der Waals surface area contributed by atoms with Crippen LogP contribution in [0.25, 0.3) is 0 Å². The first-order chi connectivity index (χ1) is 7.17. The largest absolute Gasteiger partial charge is 0.394 e. The molecular weight excluding hydrogens is 203 g/mol. The van der Waals surface area contributed by atoms with Gasteiger partial charge in [0.1, 0.15) is 5.82 Å². The molecule has 0 aliphatic rings. The second-order valence-electron chi connectivity index (χ2n) is 2.93. The van der Waals surface area contributed by atoms with Crippen LogP contribution in [0.4, 0.5) is 4.39 Å². The van der Waals surface area contributed by atoms with Crippen molar-refractivity contribution < 1.29 is 19.4 Å². The molecule has 0 atom stereocenters. The van der Waals surface area contributed by atoms with Crippen molar-refractivity contribution >= 4 is 5.91 Å². The SMILES string of the molecule is O=C(NC(CO)CO)c1cncc(F)c1. The van der Waals surface area contributed by atoms with E-state index in [4.69, 9.17) is 10.2 Å². The number of halogens is 1. The number of amides is 1. The molecule has 3 N–H and O–H groups in total. The maximum atomic E-state index is 12.7. The molecule has 1 aromatic heterocycles. The number of pyridine rings is 1. The van der Waals surface area contributed by atoms with Gasteiger partial charge in [0, 0.05) is 6.20 Å². The first kappa shape index (κ1) is 11.5. The summed E-state index contributed by atoms with van der Waals surface area (Å²) in [5.74, 6) is -1.21. The zero-order valence-corrected chi connectivity index (χ0v) is 7.85. The van der Waals surface area contributed by atoms with Crippen molar-refractivity contribution in [2.75, 3.05) is 13.2 Å². The molecule has 0 aliphatic carbocycles. The van der Waals surface area contributed by atoms with E-state index in [1.165, 1.54) is 6.20 Å². The minimum Gasteiger partial charge on any atom is -0.394 e. The summed E-state index contributed by atoms with van der Waals surface area (Å²) in [6, 6.07) is 0.273. The summed E-state index contributed by atoms with van der Waals surface area (Å²) in [4.78, 5) is 14.9. The lowest BCUT2D eigenvalue weighted by molar-refractivity contribution is 0.0878. The van der Waals surface area contributed by atoms with Gasteiger partial charge in [-0.15, -0.1) is 0 Å². The standard InChI is InChI=1S/C9H11FN2O3/c10-7-1-6(2-11-3-7)9(15)12-8(4-13)5-14/h1-3,8,13-14H,4-5H2,(H,12,15). The van der Waals surface area contributed by atoms with Crippen molar-refractivity contribution in [2.45, 2.75) is 6.04 Å². The van der Waals surface area contributed by atoms with Gasteiger partial charge in [-0.05, 0) is 6.07 Å². The van der Waals surface area contributed by atoms with Crippen LogP contribution in [0.2, 0.25) is 0 Å². The summed E-state index contributed by atoms with van der Waals surface area (Å²) in [7, 11) is 0. The number of aromatic nitrogens is 1. The second-order valence-corrected chi connectivity index (χ2v) is 2.93. The second kappa shape index (κ2) is 5.38. The van der Waals surface area contributed by atoms with Crippen molar-refractivity contribution in [1.82, 2.24) is 10.3 Å². The number of hydrogen-bond acceptors (Lipinski definition) is 4. The fourth-order valence-corrected chi connectivity index (χ4v) is 0.954. The predicted molar refractivity (Wildman–Crippen MR) is 49.6 cm³/mol. The monoisotopic (exact) mass is 214 g/mol. The van der Waals surface area contributed by atoms with E-state index in [0.717, 1.165) is 12.3 Å². The van der Waals surface area contributed by atoms with Gasteiger partial charge in [-0.25, -0.2) is 4.39 Å². The van der Waals surface area contributed by atoms with Crippen molar-refractivity contribution in [3.05, 3.63) is 29.8 Å².